The van der Waals surface area contributed by atoms with Crippen LogP contribution >= 0.6 is 23.2 Å². The predicted molar refractivity (Wildman–Crippen MR) is 115 cm³/mol. The molecule has 3 aromatic rings. The summed E-state index contributed by atoms with van der Waals surface area (Å²) in [7, 11) is 1.73. The number of nitrogens with zero attached hydrogens (tertiary/aromatic N) is 1. The van der Waals surface area contributed by atoms with Gasteiger partial charge in [-0.15, -0.1) is 0 Å². The predicted octanol–water partition coefficient (Wildman–Crippen LogP) is 4.47. The van der Waals surface area contributed by atoms with E-state index in [2.05, 4.69) is 5.32 Å². The third-order valence-electron chi connectivity index (χ3n) is 5.77. The Balaban J connectivity index is 1.67. The quantitative estimate of drug-likeness (QED) is 0.583. The van der Waals surface area contributed by atoms with Crippen molar-refractivity contribution in [3.05, 3.63) is 69.1 Å². The molecule has 1 atom stereocenters. The maximum absolute atomic E-state index is 14.9. The van der Waals surface area contributed by atoms with Gasteiger partial charge in [0.2, 0.25) is 0 Å². The number of aliphatic carboxylic acids is 1. The minimum absolute atomic E-state index is 0.0972. The maximum Gasteiger partial charge on any atom is 0.310 e. The van der Waals surface area contributed by atoms with E-state index in [9.17, 15) is 14.0 Å². The Kier molecular flexibility index (Phi) is 5.45. The molecule has 1 amide bonds. The fraction of sp³-hybridized carbons (Fsp3) is 0.273. The van der Waals surface area contributed by atoms with Crippen LogP contribution < -0.4 is 5.32 Å². The van der Waals surface area contributed by atoms with Crippen LogP contribution in [0.25, 0.3) is 10.9 Å². The lowest BCUT2D eigenvalue weighted by Gasteiger charge is -2.42. The average Bonchev–Trinajstić information content (AvgIpc) is 3.04. The summed E-state index contributed by atoms with van der Waals surface area (Å²) in [6.07, 6.45) is 0. The van der Waals surface area contributed by atoms with Crippen LogP contribution in [0.15, 0.2) is 36.4 Å². The summed E-state index contributed by atoms with van der Waals surface area (Å²) >= 11 is 12.4. The van der Waals surface area contributed by atoms with Crippen molar-refractivity contribution in [3.63, 3.8) is 0 Å². The minimum atomic E-state index is -1.05. The van der Waals surface area contributed by atoms with Crippen molar-refractivity contribution < 1.29 is 23.8 Å². The monoisotopic (exact) mass is 464 g/mol. The van der Waals surface area contributed by atoms with E-state index in [0.717, 1.165) is 5.52 Å². The van der Waals surface area contributed by atoms with Crippen molar-refractivity contribution in [3.8, 4) is 0 Å². The molecule has 0 bridgehead atoms. The van der Waals surface area contributed by atoms with Gasteiger partial charge in [0.1, 0.15) is 17.1 Å². The molecule has 0 spiro atoms. The van der Waals surface area contributed by atoms with Crippen molar-refractivity contribution in [2.45, 2.75) is 18.4 Å². The second-order valence-corrected chi connectivity index (χ2v) is 8.50. The van der Waals surface area contributed by atoms with Gasteiger partial charge in [-0.1, -0.05) is 35.3 Å². The molecule has 1 aliphatic rings. The summed E-state index contributed by atoms with van der Waals surface area (Å²) in [5.74, 6) is -2.91. The third kappa shape index (κ3) is 3.56. The van der Waals surface area contributed by atoms with E-state index >= 15 is 0 Å². The first-order valence-corrected chi connectivity index (χ1v) is 10.3. The summed E-state index contributed by atoms with van der Waals surface area (Å²) in [5.41, 5.74) is 0.604. The van der Waals surface area contributed by atoms with Crippen LogP contribution in [0.5, 0.6) is 0 Å². The first-order chi connectivity index (χ1) is 14.6. The standard InChI is InChI=1S/C22H19Cl2FN2O4/c1-11(21(29)30)12-3-4-14(16(25)7-12)22(9-31-10-22)26-20(28)18-8-13-17(27(18)2)6-5-15(23)19(13)24/h3-8,11H,9-10H2,1-2H3,(H,26,28)(H,29,30). The number of halogens is 3. The molecule has 9 heteroatoms. The molecular weight excluding hydrogens is 446 g/mol. The summed E-state index contributed by atoms with van der Waals surface area (Å²) in [4.78, 5) is 24.3. The Labute approximate surface area is 187 Å². The summed E-state index contributed by atoms with van der Waals surface area (Å²) in [5, 5.41) is 13.4. The van der Waals surface area contributed by atoms with Crippen molar-refractivity contribution >= 4 is 46.0 Å². The second kappa shape index (κ2) is 7.82. The maximum atomic E-state index is 14.9. The van der Waals surface area contributed by atoms with Crippen LogP contribution in [0.2, 0.25) is 10.0 Å². The fourth-order valence-electron chi connectivity index (χ4n) is 3.78. The normalized spacial score (nSPS) is 16.0. The molecule has 0 aliphatic carbocycles. The first-order valence-electron chi connectivity index (χ1n) is 9.51. The smallest absolute Gasteiger partial charge is 0.310 e. The lowest BCUT2D eigenvalue weighted by Crippen LogP contribution is -2.60. The van der Waals surface area contributed by atoms with Crippen LogP contribution in [0, 0.1) is 5.82 Å². The van der Waals surface area contributed by atoms with Gasteiger partial charge in [-0.3, -0.25) is 9.59 Å². The molecule has 6 nitrogen and oxygen atoms in total. The van der Waals surface area contributed by atoms with Crippen LogP contribution in [0.3, 0.4) is 0 Å². The van der Waals surface area contributed by atoms with Crippen LogP contribution in [0.1, 0.15) is 34.5 Å². The van der Waals surface area contributed by atoms with Crippen molar-refractivity contribution in [2.24, 2.45) is 7.05 Å². The largest absolute Gasteiger partial charge is 0.481 e. The Morgan fingerprint density at radius 2 is 1.94 bits per heavy atom. The molecule has 1 fully saturated rings. The van der Waals surface area contributed by atoms with Crippen molar-refractivity contribution in [1.29, 1.82) is 0 Å². The Hall–Kier alpha value is -2.61. The SMILES string of the molecule is CC(C(=O)O)c1ccc(C2(NC(=O)c3cc4c(Cl)c(Cl)ccc4n3C)COC2)c(F)c1. The fourth-order valence-corrected chi connectivity index (χ4v) is 4.16. The van der Waals surface area contributed by atoms with Gasteiger partial charge in [-0.25, -0.2) is 4.39 Å². The summed E-state index contributed by atoms with van der Waals surface area (Å²) < 4.78 is 21.9. The van der Waals surface area contributed by atoms with E-state index < -0.39 is 29.2 Å². The van der Waals surface area contributed by atoms with E-state index in [4.69, 9.17) is 33.0 Å². The highest BCUT2D eigenvalue weighted by Gasteiger charge is 2.44. The summed E-state index contributed by atoms with van der Waals surface area (Å²) in [6.45, 7) is 1.68. The number of amides is 1. The molecule has 1 unspecified atom stereocenters. The summed E-state index contributed by atoms with van der Waals surface area (Å²) in [6, 6.07) is 9.32. The van der Waals surface area contributed by atoms with Gasteiger partial charge in [0, 0.05) is 23.5 Å². The number of hydrogen-bond donors (Lipinski definition) is 2. The molecule has 0 radical (unpaired) electrons. The Morgan fingerprint density at radius 3 is 2.52 bits per heavy atom. The number of carboxylic acids is 1. The number of rotatable bonds is 5. The average molecular weight is 465 g/mol. The lowest BCUT2D eigenvalue weighted by molar-refractivity contribution is -0.138. The van der Waals surface area contributed by atoms with Crippen LogP contribution in [-0.4, -0.2) is 34.8 Å². The van der Waals surface area contributed by atoms with E-state index in [0.29, 0.717) is 26.7 Å². The topological polar surface area (TPSA) is 80.6 Å². The number of carbonyl (C=O) groups is 2. The van der Waals surface area contributed by atoms with Crippen molar-refractivity contribution in [2.75, 3.05) is 13.2 Å². The van der Waals surface area contributed by atoms with Gasteiger partial charge >= 0.3 is 5.97 Å². The molecule has 2 N–H and O–H groups in total. The molecule has 2 heterocycles. The van der Waals surface area contributed by atoms with Gasteiger partial charge in [0.25, 0.3) is 5.91 Å². The number of carboxylic acid groups (broad SMARTS) is 1. The van der Waals surface area contributed by atoms with E-state index in [1.165, 1.54) is 19.1 Å². The van der Waals surface area contributed by atoms with Gasteiger partial charge < -0.3 is 19.7 Å². The van der Waals surface area contributed by atoms with Crippen LogP contribution in [0.4, 0.5) is 4.39 Å². The highest BCUT2D eigenvalue weighted by Crippen LogP contribution is 2.35. The number of ether oxygens (including phenoxy) is 1. The number of carbonyl (C=O) groups excluding carboxylic acids is 1. The zero-order valence-corrected chi connectivity index (χ0v) is 18.2. The zero-order chi connectivity index (χ0) is 22.5. The van der Waals surface area contributed by atoms with Crippen molar-refractivity contribution in [1.82, 2.24) is 9.88 Å². The third-order valence-corrected chi connectivity index (χ3v) is 6.59. The number of hydrogen-bond acceptors (Lipinski definition) is 3. The molecule has 31 heavy (non-hydrogen) atoms. The molecule has 1 saturated heterocycles. The van der Waals surface area contributed by atoms with E-state index in [1.54, 1.807) is 35.9 Å². The van der Waals surface area contributed by atoms with Crippen LogP contribution in [-0.2, 0) is 22.1 Å². The number of benzene rings is 2. The minimum Gasteiger partial charge on any atom is -0.481 e. The first kappa shape index (κ1) is 21.6. The molecular formula is C22H19Cl2FN2O4. The molecule has 2 aromatic carbocycles. The molecule has 0 saturated carbocycles. The van der Waals surface area contributed by atoms with Gasteiger partial charge in [-0.05, 0) is 36.8 Å². The van der Waals surface area contributed by atoms with Gasteiger partial charge in [0.05, 0.1) is 29.2 Å². The van der Waals surface area contributed by atoms with E-state index in [1.807, 2.05) is 0 Å². The van der Waals surface area contributed by atoms with E-state index in [-0.39, 0.29) is 18.8 Å². The highest BCUT2D eigenvalue weighted by atomic mass is 35.5. The molecule has 1 aromatic heterocycles. The number of nitrogens with one attached hydrogen (secondary N) is 1. The number of aromatic nitrogens is 1. The molecule has 162 valence electrons. The number of fused-ring (bicyclic) bond motifs is 1. The zero-order valence-electron chi connectivity index (χ0n) is 16.7. The van der Waals surface area contributed by atoms with Gasteiger partial charge in [0.15, 0.2) is 0 Å². The highest BCUT2D eigenvalue weighted by molar-refractivity contribution is 6.45. The lowest BCUT2D eigenvalue weighted by atomic mass is 9.85. The Bertz CT molecular complexity index is 1220. The number of aryl methyl sites for hydroxylation is 1. The second-order valence-electron chi connectivity index (χ2n) is 7.71. The molecule has 4 rings (SSSR count). The molecule has 1 aliphatic heterocycles. The Morgan fingerprint density at radius 1 is 1.23 bits per heavy atom. The van der Waals surface area contributed by atoms with Gasteiger partial charge in [-0.2, -0.15) is 0 Å².